The first-order chi connectivity index (χ1) is 17.2. The van der Waals surface area contributed by atoms with Gasteiger partial charge >= 0.3 is 6.18 Å². The molecule has 0 atom stereocenters. The van der Waals surface area contributed by atoms with Gasteiger partial charge in [0.2, 0.25) is 17.8 Å². The molecule has 0 radical (unpaired) electrons. The van der Waals surface area contributed by atoms with Crippen molar-refractivity contribution >= 4 is 29.2 Å². The Morgan fingerprint density at radius 3 is 2.50 bits per heavy atom. The number of amides is 1. The highest BCUT2D eigenvalue weighted by molar-refractivity contribution is 5.90. The van der Waals surface area contributed by atoms with Crippen molar-refractivity contribution in [3.63, 3.8) is 0 Å². The molecule has 1 aromatic heterocycles. The van der Waals surface area contributed by atoms with Crippen molar-refractivity contribution in [1.82, 2.24) is 15.0 Å². The fraction of sp³-hybridized carbons (Fsp3) is 0.360. The molecule has 190 valence electrons. The number of piperidine rings is 1. The highest BCUT2D eigenvalue weighted by Gasteiger charge is 2.30. The van der Waals surface area contributed by atoms with Crippen molar-refractivity contribution in [3.8, 4) is 0 Å². The van der Waals surface area contributed by atoms with Crippen molar-refractivity contribution in [2.75, 3.05) is 28.6 Å². The van der Waals surface area contributed by atoms with Crippen LogP contribution in [0.25, 0.3) is 0 Å². The Hall–Kier alpha value is -3.73. The van der Waals surface area contributed by atoms with Gasteiger partial charge in [0.25, 0.3) is 0 Å². The predicted molar refractivity (Wildman–Crippen MR) is 130 cm³/mol. The second-order valence-corrected chi connectivity index (χ2v) is 8.64. The first-order valence-electron chi connectivity index (χ1n) is 11.5. The van der Waals surface area contributed by atoms with E-state index in [0.29, 0.717) is 36.2 Å². The lowest BCUT2D eigenvalue weighted by Gasteiger charge is -2.32. The Labute approximate surface area is 206 Å². The smallest absolute Gasteiger partial charge is 0.373 e. The maximum absolute atomic E-state index is 12.7. The maximum Gasteiger partial charge on any atom is 0.416 e. The van der Waals surface area contributed by atoms with Crippen LogP contribution in [0.1, 0.15) is 36.5 Å². The molecule has 36 heavy (non-hydrogen) atoms. The second kappa shape index (κ2) is 10.9. The van der Waals surface area contributed by atoms with Crippen molar-refractivity contribution < 1.29 is 22.7 Å². The summed E-state index contributed by atoms with van der Waals surface area (Å²) in [5.41, 5.74) is 2.42. The molecule has 2 aromatic carbocycles. The molecule has 1 fully saturated rings. The summed E-state index contributed by atoms with van der Waals surface area (Å²) in [6, 6.07) is 10.6. The van der Waals surface area contributed by atoms with Crippen LogP contribution in [0.4, 0.5) is 36.4 Å². The lowest BCUT2D eigenvalue weighted by atomic mass is 10.1. The van der Waals surface area contributed by atoms with Crippen LogP contribution in [0, 0.1) is 6.92 Å². The Morgan fingerprint density at radius 1 is 1.11 bits per heavy atom. The van der Waals surface area contributed by atoms with Crippen LogP contribution in [0.3, 0.4) is 0 Å². The zero-order chi connectivity index (χ0) is 25.7. The topological polar surface area (TPSA) is 92.3 Å². The van der Waals surface area contributed by atoms with Crippen molar-refractivity contribution in [3.05, 3.63) is 65.5 Å². The molecule has 2 heterocycles. The number of aryl methyl sites for hydroxylation is 1. The van der Waals surface area contributed by atoms with Gasteiger partial charge in [-0.2, -0.15) is 18.2 Å². The maximum atomic E-state index is 12.7. The molecule has 1 aliphatic rings. The minimum atomic E-state index is -4.34. The largest absolute Gasteiger partial charge is 0.416 e. The van der Waals surface area contributed by atoms with Gasteiger partial charge in [-0.05, 0) is 55.2 Å². The molecule has 4 rings (SSSR count). The molecule has 2 N–H and O–H groups in total. The van der Waals surface area contributed by atoms with E-state index < -0.39 is 11.7 Å². The zero-order valence-corrected chi connectivity index (χ0v) is 20.0. The standard InChI is InChI=1S/C25H27F3N6O2/c1-16-3-8-20(13-22(16)31-17(2)35)32-23-29-15-30-24(33-23)34-11-9-21(10-12-34)36-14-18-4-6-19(7-5-18)25(26,27)28/h3-8,13,15,21H,9-12,14H2,1-2H3,(H,31,35)(H,29,30,32,33). The molecule has 8 nitrogen and oxygen atoms in total. The van der Waals surface area contributed by atoms with E-state index >= 15 is 0 Å². The molecular formula is C25H27F3N6O2. The number of benzene rings is 2. The summed E-state index contributed by atoms with van der Waals surface area (Å²) < 4.78 is 44.1. The van der Waals surface area contributed by atoms with Gasteiger partial charge in [-0.15, -0.1) is 0 Å². The monoisotopic (exact) mass is 500 g/mol. The average molecular weight is 501 g/mol. The van der Waals surface area contributed by atoms with Crippen LogP contribution >= 0.6 is 0 Å². The number of ether oxygens (including phenoxy) is 1. The molecule has 0 saturated carbocycles. The summed E-state index contributed by atoms with van der Waals surface area (Å²) in [6.45, 7) is 4.99. The first kappa shape index (κ1) is 25.4. The molecule has 0 bridgehead atoms. The zero-order valence-electron chi connectivity index (χ0n) is 20.0. The molecule has 1 saturated heterocycles. The van der Waals surface area contributed by atoms with Gasteiger partial charge in [0, 0.05) is 31.4 Å². The fourth-order valence-electron chi connectivity index (χ4n) is 3.88. The third-order valence-corrected chi connectivity index (χ3v) is 5.86. The fourth-order valence-corrected chi connectivity index (χ4v) is 3.88. The SMILES string of the molecule is CC(=O)Nc1cc(Nc2ncnc(N3CCC(OCc4ccc(C(F)(F)F)cc4)CC3)n2)ccc1C. The summed E-state index contributed by atoms with van der Waals surface area (Å²) in [6.07, 6.45) is -1.41. The van der Waals surface area contributed by atoms with Gasteiger partial charge in [0.15, 0.2) is 0 Å². The quantitative estimate of drug-likeness (QED) is 0.467. The van der Waals surface area contributed by atoms with Crippen LogP contribution < -0.4 is 15.5 Å². The van der Waals surface area contributed by atoms with Crippen molar-refractivity contribution in [2.24, 2.45) is 0 Å². The number of hydrogen-bond donors (Lipinski definition) is 2. The van der Waals surface area contributed by atoms with E-state index in [0.717, 1.165) is 36.2 Å². The minimum Gasteiger partial charge on any atom is -0.373 e. The molecule has 0 unspecified atom stereocenters. The van der Waals surface area contributed by atoms with E-state index in [1.165, 1.54) is 25.4 Å². The van der Waals surface area contributed by atoms with E-state index in [9.17, 15) is 18.0 Å². The Balaban J connectivity index is 1.30. The normalized spacial score (nSPS) is 14.5. The van der Waals surface area contributed by atoms with E-state index in [4.69, 9.17) is 4.74 Å². The van der Waals surface area contributed by atoms with E-state index in [-0.39, 0.29) is 18.6 Å². The Bertz CT molecular complexity index is 1200. The van der Waals surface area contributed by atoms with Crippen LogP contribution in [0.15, 0.2) is 48.8 Å². The lowest BCUT2D eigenvalue weighted by Crippen LogP contribution is -2.38. The summed E-state index contributed by atoms with van der Waals surface area (Å²) in [7, 11) is 0. The van der Waals surface area contributed by atoms with E-state index in [1.54, 1.807) is 0 Å². The number of aromatic nitrogens is 3. The number of carbonyl (C=O) groups excluding carboxylic acids is 1. The average Bonchev–Trinajstić information content (AvgIpc) is 2.85. The molecular weight excluding hydrogens is 473 g/mol. The van der Waals surface area contributed by atoms with Crippen LogP contribution in [0.5, 0.6) is 0 Å². The third kappa shape index (κ3) is 6.69. The summed E-state index contributed by atoms with van der Waals surface area (Å²) in [5.74, 6) is 0.783. The van der Waals surface area contributed by atoms with Gasteiger partial charge in [-0.25, -0.2) is 9.97 Å². The highest BCUT2D eigenvalue weighted by atomic mass is 19.4. The number of rotatable bonds is 7. The number of anilines is 4. The molecule has 3 aromatic rings. The lowest BCUT2D eigenvalue weighted by molar-refractivity contribution is -0.137. The molecule has 1 amide bonds. The third-order valence-electron chi connectivity index (χ3n) is 5.86. The minimum absolute atomic E-state index is 0.00253. The number of nitrogens with zero attached hydrogens (tertiary/aromatic N) is 4. The van der Waals surface area contributed by atoms with Gasteiger partial charge in [-0.1, -0.05) is 18.2 Å². The van der Waals surface area contributed by atoms with Gasteiger partial charge in [-0.3, -0.25) is 4.79 Å². The van der Waals surface area contributed by atoms with E-state index in [2.05, 4.69) is 25.6 Å². The summed E-state index contributed by atoms with van der Waals surface area (Å²) >= 11 is 0. The summed E-state index contributed by atoms with van der Waals surface area (Å²) in [5, 5.41) is 5.95. The number of nitrogens with one attached hydrogen (secondary N) is 2. The molecule has 11 heteroatoms. The van der Waals surface area contributed by atoms with Gasteiger partial charge in [0.05, 0.1) is 18.3 Å². The van der Waals surface area contributed by atoms with Gasteiger partial charge < -0.3 is 20.3 Å². The molecule has 0 spiro atoms. The molecule has 0 aliphatic carbocycles. The van der Waals surface area contributed by atoms with Gasteiger partial charge in [0.1, 0.15) is 6.33 Å². The van der Waals surface area contributed by atoms with Crippen LogP contribution in [0.2, 0.25) is 0 Å². The van der Waals surface area contributed by atoms with Crippen LogP contribution in [-0.4, -0.2) is 40.1 Å². The van der Waals surface area contributed by atoms with Crippen molar-refractivity contribution in [1.29, 1.82) is 0 Å². The highest BCUT2D eigenvalue weighted by Crippen LogP contribution is 2.29. The van der Waals surface area contributed by atoms with E-state index in [1.807, 2.05) is 30.0 Å². The number of halogens is 3. The molecule has 1 aliphatic heterocycles. The number of alkyl halides is 3. The number of hydrogen-bond acceptors (Lipinski definition) is 7. The van der Waals surface area contributed by atoms with Crippen LogP contribution in [-0.2, 0) is 22.3 Å². The number of carbonyl (C=O) groups is 1. The second-order valence-electron chi connectivity index (χ2n) is 8.64. The Kier molecular flexibility index (Phi) is 7.68. The first-order valence-corrected chi connectivity index (χ1v) is 11.5. The predicted octanol–water partition coefficient (Wildman–Crippen LogP) is 5.09. The summed E-state index contributed by atoms with van der Waals surface area (Å²) in [4.78, 5) is 26.5. The Morgan fingerprint density at radius 2 is 1.83 bits per heavy atom. The van der Waals surface area contributed by atoms with Crippen molar-refractivity contribution in [2.45, 2.75) is 45.6 Å².